The van der Waals surface area contributed by atoms with E-state index in [0.29, 0.717) is 24.6 Å². The van der Waals surface area contributed by atoms with Gasteiger partial charge in [0.05, 0.1) is 13.2 Å². The monoisotopic (exact) mass is 389 g/mol. The molecule has 29 heavy (non-hydrogen) atoms. The maximum atomic E-state index is 12.3. The number of carbonyl (C=O) groups is 1. The van der Waals surface area contributed by atoms with E-state index in [1.54, 1.807) is 12.1 Å². The number of ether oxygens (including phenoxy) is 1. The van der Waals surface area contributed by atoms with Crippen LogP contribution in [0.5, 0.6) is 0 Å². The van der Waals surface area contributed by atoms with Crippen molar-refractivity contribution in [2.24, 2.45) is 0 Å². The first-order valence-electron chi connectivity index (χ1n) is 9.59. The molecule has 2 N–H and O–H groups in total. The van der Waals surface area contributed by atoms with Crippen LogP contribution in [-0.4, -0.2) is 42.2 Å². The van der Waals surface area contributed by atoms with Gasteiger partial charge in [-0.3, -0.25) is 4.79 Å². The van der Waals surface area contributed by atoms with Gasteiger partial charge in [0, 0.05) is 36.1 Å². The highest BCUT2D eigenvalue weighted by atomic mass is 16.5. The first-order valence-corrected chi connectivity index (χ1v) is 9.59. The van der Waals surface area contributed by atoms with Gasteiger partial charge in [-0.25, -0.2) is 9.97 Å². The minimum atomic E-state index is -0.132. The quantitative estimate of drug-likeness (QED) is 0.694. The van der Waals surface area contributed by atoms with Crippen molar-refractivity contribution in [3.63, 3.8) is 0 Å². The highest BCUT2D eigenvalue weighted by Gasteiger charge is 2.14. The number of aromatic nitrogens is 2. The second-order valence-corrected chi connectivity index (χ2v) is 6.78. The molecule has 1 aliphatic heterocycles. The van der Waals surface area contributed by atoms with E-state index in [1.807, 2.05) is 55.5 Å². The standard InChI is InChI=1S/C22H23N5O2/c1-16-23-20(15-21(24-16)27-11-13-29-14-12-27)25-18-7-9-19(10-8-18)26-22(28)17-5-3-2-4-6-17/h2-10,15H,11-14H2,1H3,(H,26,28)(H,23,24,25). The smallest absolute Gasteiger partial charge is 0.255 e. The molecule has 3 aromatic rings. The lowest BCUT2D eigenvalue weighted by atomic mass is 10.2. The number of hydrogen-bond acceptors (Lipinski definition) is 6. The number of nitrogens with one attached hydrogen (secondary N) is 2. The molecule has 7 nitrogen and oxygen atoms in total. The van der Waals surface area contributed by atoms with Gasteiger partial charge in [0.2, 0.25) is 0 Å². The molecule has 0 aliphatic carbocycles. The molecule has 2 heterocycles. The van der Waals surface area contributed by atoms with Crippen LogP contribution in [0, 0.1) is 6.92 Å². The molecule has 1 fully saturated rings. The lowest BCUT2D eigenvalue weighted by molar-refractivity contribution is 0.102. The van der Waals surface area contributed by atoms with Gasteiger partial charge in [0.15, 0.2) is 0 Å². The zero-order valence-electron chi connectivity index (χ0n) is 16.3. The molecule has 0 bridgehead atoms. The fourth-order valence-electron chi connectivity index (χ4n) is 3.15. The Kier molecular flexibility index (Phi) is 5.67. The van der Waals surface area contributed by atoms with E-state index in [4.69, 9.17) is 4.74 Å². The van der Waals surface area contributed by atoms with Gasteiger partial charge in [-0.15, -0.1) is 0 Å². The fraction of sp³-hybridized carbons (Fsp3) is 0.227. The third kappa shape index (κ3) is 4.89. The zero-order chi connectivity index (χ0) is 20.1. The van der Waals surface area contributed by atoms with Crippen LogP contribution in [0.1, 0.15) is 16.2 Å². The van der Waals surface area contributed by atoms with E-state index >= 15 is 0 Å². The highest BCUT2D eigenvalue weighted by Crippen LogP contribution is 2.22. The van der Waals surface area contributed by atoms with Crippen molar-refractivity contribution in [1.82, 2.24) is 9.97 Å². The predicted octanol–water partition coefficient (Wildman–Crippen LogP) is 3.62. The van der Waals surface area contributed by atoms with Gasteiger partial charge in [-0.1, -0.05) is 18.2 Å². The normalized spacial score (nSPS) is 13.8. The Morgan fingerprint density at radius 3 is 2.38 bits per heavy atom. The van der Waals surface area contributed by atoms with Crippen LogP contribution in [0.15, 0.2) is 60.7 Å². The van der Waals surface area contributed by atoms with Crippen LogP contribution in [0.2, 0.25) is 0 Å². The molecule has 148 valence electrons. The predicted molar refractivity (Wildman–Crippen MR) is 114 cm³/mol. The van der Waals surface area contributed by atoms with Crippen molar-refractivity contribution in [2.45, 2.75) is 6.92 Å². The van der Waals surface area contributed by atoms with Crippen molar-refractivity contribution >= 4 is 28.9 Å². The summed E-state index contributed by atoms with van der Waals surface area (Å²) in [4.78, 5) is 23.5. The molecule has 4 rings (SSSR count). The largest absolute Gasteiger partial charge is 0.378 e. The van der Waals surface area contributed by atoms with Crippen LogP contribution in [0.3, 0.4) is 0 Å². The third-order valence-corrected chi connectivity index (χ3v) is 4.61. The van der Waals surface area contributed by atoms with E-state index < -0.39 is 0 Å². The van der Waals surface area contributed by atoms with Crippen molar-refractivity contribution in [3.8, 4) is 0 Å². The van der Waals surface area contributed by atoms with Crippen LogP contribution in [-0.2, 0) is 4.74 Å². The average molecular weight is 389 g/mol. The molecular formula is C22H23N5O2. The third-order valence-electron chi connectivity index (χ3n) is 4.61. The van der Waals surface area contributed by atoms with Crippen molar-refractivity contribution < 1.29 is 9.53 Å². The number of anilines is 4. The minimum absolute atomic E-state index is 0.132. The summed E-state index contributed by atoms with van der Waals surface area (Å²) in [6.07, 6.45) is 0. The Hall–Kier alpha value is -3.45. The molecule has 0 atom stereocenters. The second-order valence-electron chi connectivity index (χ2n) is 6.78. The second kappa shape index (κ2) is 8.70. The van der Waals surface area contributed by atoms with Crippen LogP contribution >= 0.6 is 0 Å². The summed E-state index contributed by atoms with van der Waals surface area (Å²) in [7, 11) is 0. The molecule has 0 spiro atoms. The zero-order valence-corrected chi connectivity index (χ0v) is 16.3. The summed E-state index contributed by atoms with van der Waals surface area (Å²) in [5.41, 5.74) is 2.24. The average Bonchev–Trinajstić information content (AvgIpc) is 2.76. The lowest BCUT2D eigenvalue weighted by Crippen LogP contribution is -2.36. The number of morpholine rings is 1. The Bertz CT molecular complexity index is 970. The topological polar surface area (TPSA) is 79.4 Å². The number of aryl methyl sites for hydroxylation is 1. The summed E-state index contributed by atoms with van der Waals surface area (Å²) in [6.45, 7) is 4.96. The molecule has 0 unspecified atom stereocenters. The molecule has 0 radical (unpaired) electrons. The molecule has 7 heteroatoms. The van der Waals surface area contributed by atoms with Crippen LogP contribution in [0.25, 0.3) is 0 Å². The van der Waals surface area contributed by atoms with Crippen molar-refractivity contribution in [3.05, 3.63) is 72.1 Å². The summed E-state index contributed by atoms with van der Waals surface area (Å²) in [5, 5.41) is 6.21. The lowest BCUT2D eigenvalue weighted by Gasteiger charge is -2.28. The molecule has 1 aromatic heterocycles. The van der Waals surface area contributed by atoms with Gasteiger partial charge < -0.3 is 20.3 Å². The number of carbonyl (C=O) groups excluding carboxylic acids is 1. The van der Waals surface area contributed by atoms with Gasteiger partial charge in [0.1, 0.15) is 17.5 Å². The maximum absolute atomic E-state index is 12.3. The summed E-state index contributed by atoms with van der Waals surface area (Å²) < 4.78 is 5.41. The Morgan fingerprint density at radius 1 is 0.966 bits per heavy atom. The van der Waals surface area contributed by atoms with Crippen molar-refractivity contribution in [1.29, 1.82) is 0 Å². The van der Waals surface area contributed by atoms with E-state index in [2.05, 4.69) is 25.5 Å². The molecule has 1 aliphatic rings. The van der Waals surface area contributed by atoms with E-state index in [1.165, 1.54) is 0 Å². The molecule has 1 saturated heterocycles. The molecular weight excluding hydrogens is 366 g/mol. The first kappa shape index (κ1) is 18.9. The number of rotatable bonds is 5. The summed E-state index contributed by atoms with van der Waals surface area (Å²) in [6, 6.07) is 18.6. The molecule has 1 amide bonds. The van der Waals surface area contributed by atoms with E-state index in [0.717, 1.165) is 36.1 Å². The van der Waals surface area contributed by atoms with Gasteiger partial charge in [-0.05, 0) is 43.3 Å². The fourth-order valence-corrected chi connectivity index (χ4v) is 3.15. The summed E-state index contributed by atoms with van der Waals surface area (Å²) >= 11 is 0. The maximum Gasteiger partial charge on any atom is 0.255 e. The number of amides is 1. The van der Waals surface area contributed by atoms with E-state index in [-0.39, 0.29) is 5.91 Å². The van der Waals surface area contributed by atoms with Crippen molar-refractivity contribution in [2.75, 3.05) is 41.8 Å². The van der Waals surface area contributed by atoms with E-state index in [9.17, 15) is 4.79 Å². The number of nitrogens with zero attached hydrogens (tertiary/aromatic N) is 3. The number of hydrogen-bond donors (Lipinski definition) is 2. The minimum Gasteiger partial charge on any atom is -0.378 e. The Morgan fingerprint density at radius 2 is 1.66 bits per heavy atom. The van der Waals surface area contributed by atoms with Gasteiger partial charge in [-0.2, -0.15) is 0 Å². The highest BCUT2D eigenvalue weighted by molar-refractivity contribution is 6.04. The van der Waals surface area contributed by atoms with Gasteiger partial charge >= 0.3 is 0 Å². The number of benzene rings is 2. The van der Waals surface area contributed by atoms with Gasteiger partial charge in [0.25, 0.3) is 5.91 Å². The Balaban J connectivity index is 1.43. The molecule has 0 saturated carbocycles. The van der Waals surface area contributed by atoms with Crippen LogP contribution < -0.4 is 15.5 Å². The Labute approximate surface area is 169 Å². The molecule has 2 aromatic carbocycles. The first-order chi connectivity index (χ1) is 14.2. The van der Waals surface area contributed by atoms with Crippen LogP contribution in [0.4, 0.5) is 23.0 Å². The summed E-state index contributed by atoms with van der Waals surface area (Å²) in [5.74, 6) is 2.21. The SMILES string of the molecule is Cc1nc(Nc2ccc(NC(=O)c3ccccc3)cc2)cc(N2CCOCC2)n1.